The molecule has 6 nitrogen and oxygen atoms in total. The molecule has 5 rings (SSSR count). The summed E-state index contributed by atoms with van der Waals surface area (Å²) in [6, 6.07) is 29.9. The van der Waals surface area contributed by atoms with E-state index in [-0.39, 0.29) is 17.6 Å². The van der Waals surface area contributed by atoms with Crippen LogP contribution in [0.2, 0.25) is 0 Å². The van der Waals surface area contributed by atoms with Gasteiger partial charge in [0.05, 0.1) is 5.75 Å². The van der Waals surface area contributed by atoms with E-state index >= 15 is 0 Å². The van der Waals surface area contributed by atoms with Crippen LogP contribution in [0.5, 0.6) is 0 Å². The van der Waals surface area contributed by atoms with Gasteiger partial charge in [-0.1, -0.05) is 35.9 Å². The Morgan fingerprint density at radius 3 is 2.39 bits per heavy atom. The van der Waals surface area contributed by atoms with Gasteiger partial charge in [0.25, 0.3) is 5.91 Å². The monoisotopic (exact) mass is 493 g/mol. The number of aromatic nitrogens is 1. The van der Waals surface area contributed by atoms with E-state index in [1.807, 2.05) is 91.9 Å². The number of carbonyl (C=O) groups is 2. The standard InChI is InChI=1S/C29H23N3O3S/c1-19-9-11-20(12-10-19)28(34)31-23-5-4-6-24(17-23)36-18-27(33)30-22-15-13-21(14-16-22)29-32-25-7-2-3-8-26(25)35-29/h2-17H,18H2,1H3,(H,30,33)(H,31,34). The topological polar surface area (TPSA) is 84.2 Å². The van der Waals surface area contributed by atoms with Crippen LogP contribution in [0.4, 0.5) is 11.4 Å². The minimum absolute atomic E-state index is 0.122. The number of oxazole rings is 1. The van der Waals surface area contributed by atoms with E-state index in [2.05, 4.69) is 15.6 Å². The molecule has 0 spiro atoms. The molecule has 36 heavy (non-hydrogen) atoms. The fraction of sp³-hybridized carbons (Fsp3) is 0.0690. The lowest BCUT2D eigenvalue weighted by atomic mass is 10.1. The van der Waals surface area contributed by atoms with Crippen molar-refractivity contribution in [3.63, 3.8) is 0 Å². The number of hydrogen-bond acceptors (Lipinski definition) is 5. The number of rotatable bonds is 7. The Hall–Kier alpha value is -4.36. The largest absolute Gasteiger partial charge is 0.436 e. The zero-order valence-corrected chi connectivity index (χ0v) is 20.3. The quantitative estimate of drug-likeness (QED) is 0.244. The van der Waals surface area contributed by atoms with Gasteiger partial charge in [0.1, 0.15) is 5.52 Å². The molecule has 0 aliphatic heterocycles. The van der Waals surface area contributed by atoms with Gasteiger partial charge in [0, 0.05) is 27.4 Å². The smallest absolute Gasteiger partial charge is 0.255 e. The number of benzene rings is 4. The zero-order valence-electron chi connectivity index (χ0n) is 19.5. The van der Waals surface area contributed by atoms with E-state index in [1.165, 1.54) is 11.8 Å². The van der Waals surface area contributed by atoms with Crippen LogP contribution in [-0.2, 0) is 4.79 Å². The molecule has 0 radical (unpaired) electrons. The third-order valence-corrected chi connectivity index (χ3v) is 6.48. The number of anilines is 2. The van der Waals surface area contributed by atoms with Crippen LogP contribution in [0.3, 0.4) is 0 Å². The van der Waals surface area contributed by atoms with Crippen LogP contribution in [0, 0.1) is 6.92 Å². The molecule has 5 aromatic rings. The van der Waals surface area contributed by atoms with Crippen LogP contribution >= 0.6 is 11.8 Å². The SMILES string of the molecule is Cc1ccc(C(=O)Nc2cccc(SCC(=O)Nc3ccc(-c4nc5ccccc5o4)cc3)c2)cc1. The molecule has 0 fully saturated rings. The molecule has 0 aliphatic carbocycles. The van der Waals surface area contributed by atoms with Crippen molar-refractivity contribution in [3.05, 3.63) is 108 Å². The first-order chi connectivity index (χ1) is 17.5. The molecular weight excluding hydrogens is 470 g/mol. The molecule has 0 saturated carbocycles. The van der Waals surface area contributed by atoms with E-state index in [9.17, 15) is 9.59 Å². The van der Waals surface area contributed by atoms with Gasteiger partial charge in [-0.05, 0) is 73.7 Å². The van der Waals surface area contributed by atoms with Crippen LogP contribution < -0.4 is 10.6 Å². The van der Waals surface area contributed by atoms with E-state index in [0.29, 0.717) is 22.8 Å². The average molecular weight is 494 g/mol. The third kappa shape index (κ3) is 5.64. The molecule has 0 unspecified atom stereocenters. The van der Waals surface area contributed by atoms with Crippen molar-refractivity contribution in [2.24, 2.45) is 0 Å². The minimum Gasteiger partial charge on any atom is -0.436 e. The molecule has 0 aliphatic rings. The van der Waals surface area contributed by atoms with Crippen molar-refractivity contribution in [3.8, 4) is 11.5 Å². The lowest BCUT2D eigenvalue weighted by Gasteiger charge is -2.08. The lowest BCUT2D eigenvalue weighted by Crippen LogP contribution is -2.14. The van der Waals surface area contributed by atoms with Gasteiger partial charge >= 0.3 is 0 Å². The Morgan fingerprint density at radius 2 is 1.61 bits per heavy atom. The fourth-order valence-corrected chi connectivity index (χ4v) is 4.36. The Balaban J connectivity index is 1.15. The molecule has 1 aromatic heterocycles. The second-order valence-corrected chi connectivity index (χ2v) is 9.30. The van der Waals surface area contributed by atoms with Crippen molar-refractivity contribution in [1.82, 2.24) is 4.98 Å². The maximum atomic E-state index is 12.5. The Labute approximate surface area is 212 Å². The lowest BCUT2D eigenvalue weighted by molar-refractivity contribution is -0.113. The summed E-state index contributed by atoms with van der Waals surface area (Å²) in [6.45, 7) is 1.98. The van der Waals surface area contributed by atoms with Gasteiger partial charge < -0.3 is 15.1 Å². The number of aryl methyl sites for hydroxylation is 1. The second-order valence-electron chi connectivity index (χ2n) is 8.25. The summed E-state index contributed by atoms with van der Waals surface area (Å²) in [5, 5.41) is 5.82. The van der Waals surface area contributed by atoms with Crippen LogP contribution in [0.15, 0.2) is 106 Å². The predicted molar refractivity (Wildman–Crippen MR) is 144 cm³/mol. The molecule has 7 heteroatoms. The molecule has 0 bridgehead atoms. The van der Waals surface area contributed by atoms with Crippen LogP contribution in [0.1, 0.15) is 15.9 Å². The van der Waals surface area contributed by atoms with Crippen molar-refractivity contribution in [2.45, 2.75) is 11.8 Å². The first kappa shape index (κ1) is 23.4. The maximum absolute atomic E-state index is 12.5. The summed E-state index contributed by atoms with van der Waals surface area (Å²) in [7, 11) is 0. The molecule has 2 amide bonds. The van der Waals surface area contributed by atoms with Crippen LogP contribution in [0.25, 0.3) is 22.6 Å². The number of carbonyl (C=O) groups excluding carboxylic acids is 2. The number of nitrogens with zero attached hydrogens (tertiary/aromatic N) is 1. The summed E-state index contributed by atoms with van der Waals surface area (Å²) < 4.78 is 5.80. The van der Waals surface area contributed by atoms with Crippen molar-refractivity contribution in [2.75, 3.05) is 16.4 Å². The van der Waals surface area contributed by atoms with Gasteiger partial charge in [0.2, 0.25) is 11.8 Å². The zero-order chi connectivity index (χ0) is 24.9. The Kier molecular flexibility index (Phi) is 6.82. The van der Waals surface area contributed by atoms with E-state index in [0.717, 1.165) is 27.1 Å². The Bertz CT molecular complexity index is 1490. The molecule has 0 saturated heterocycles. The van der Waals surface area contributed by atoms with E-state index in [1.54, 1.807) is 12.1 Å². The number of thioether (sulfide) groups is 1. The fourth-order valence-electron chi connectivity index (χ4n) is 3.61. The molecule has 2 N–H and O–H groups in total. The predicted octanol–water partition coefficient (Wildman–Crippen LogP) is 6.79. The molecule has 1 heterocycles. The highest BCUT2D eigenvalue weighted by atomic mass is 32.2. The first-order valence-corrected chi connectivity index (χ1v) is 12.4. The average Bonchev–Trinajstić information content (AvgIpc) is 3.33. The van der Waals surface area contributed by atoms with Gasteiger partial charge in [0.15, 0.2) is 5.58 Å². The number of hydrogen-bond donors (Lipinski definition) is 2. The minimum atomic E-state index is -0.170. The van der Waals surface area contributed by atoms with Crippen molar-refractivity contribution in [1.29, 1.82) is 0 Å². The maximum Gasteiger partial charge on any atom is 0.255 e. The number of para-hydroxylation sites is 2. The van der Waals surface area contributed by atoms with Crippen molar-refractivity contribution < 1.29 is 14.0 Å². The molecule has 4 aromatic carbocycles. The summed E-state index contributed by atoms with van der Waals surface area (Å²) in [4.78, 5) is 30.4. The number of nitrogens with one attached hydrogen (secondary N) is 2. The molecular formula is C29H23N3O3S. The molecule has 178 valence electrons. The van der Waals surface area contributed by atoms with Gasteiger partial charge in [-0.15, -0.1) is 11.8 Å². The number of amides is 2. The highest BCUT2D eigenvalue weighted by Crippen LogP contribution is 2.26. The third-order valence-electron chi connectivity index (χ3n) is 5.49. The second kappa shape index (κ2) is 10.5. The molecule has 0 atom stereocenters. The van der Waals surface area contributed by atoms with Crippen molar-refractivity contribution >= 4 is 46.1 Å². The summed E-state index contributed by atoms with van der Waals surface area (Å²) >= 11 is 1.40. The van der Waals surface area contributed by atoms with E-state index in [4.69, 9.17) is 4.42 Å². The van der Waals surface area contributed by atoms with Gasteiger partial charge in [-0.2, -0.15) is 0 Å². The van der Waals surface area contributed by atoms with E-state index < -0.39 is 0 Å². The Morgan fingerprint density at radius 1 is 0.833 bits per heavy atom. The van der Waals surface area contributed by atoms with Gasteiger partial charge in [-0.25, -0.2) is 4.98 Å². The summed E-state index contributed by atoms with van der Waals surface area (Å²) in [6.07, 6.45) is 0. The van der Waals surface area contributed by atoms with Gasteiger partial charge in [-0.3, -0.25) is 9.59 Å². The summed E-state index contributed by atoms with van der Waals surface area (Å²) in [5.74, 6) is 0.487. The first-order valence-electron chi connectivity index (χ1n) is 11.4. The number of fused-ring (bicyclic) bond motifs is 1. The normalized spacial score (nSPS) is 10.8. The summed E-state index contributed by atoms with van der Waals surface area (Å²) in [5.41, 5.74) is 5.45. The highest BCUT2D eigenvalue weighted by Gasteiger charge is 2.10. The highest BCUT2D eigenvalue weighted by molar-refractivity contribution is 8.00. The van der Waals surface area contributed by atoms with Crippen LogP contribution in [-0.4, -0.2) is 22.6 Å².